The lowest BCUT2D eigenvalue weighted by atomic mass is 10.0. The van der Waals surface area contributed by atoms with Crippen LogP contribution >= 0.6 is 11.3 Å². The smallest absolute Gasteiger partial charge is 0.122 e. The van der Waals surface area contributed by atoms with Crippen molar-refractivity contribution in [2.24, 2.45) is 0 Å². The topological polar surface area (TPSA) is 28.4 Å². The molecule has 0 bridgehead atoms. The maximum absolute atomic E-state index is 5.55. The summed E-state index contributed by atoms with van der Waals surface area (Å²) in [5.74, 6) is 1.06. The van der Waals surface area contributed by atoms with Crippen LogP contribution in [0.2, 0.25) is 0 Å². The van der Waals surface area contributed by atoms with Crippen LogP contribution in [0, 0.1) is 0 Å². The van der Waals surface area contributed by atoms with Gasteiger partial charge in [-0.25, -0.2) is 0 Å². The molecule has 3 nitrogen and oxygen atoms in total. The van der Waals surface area contributed by atoms with Crippen LogP contribution in [0.25, 0.3) is 0 Å². The lowest BCUT2D eigenvalue weighted by molar-refractivity contribution is 0.190. The Morgan fingerprint density at radius 3 is 3.21 bits per heavy atom. The third-order valence-corrected chi connectivity index (χ3v) is 4.95. The summed E-state index contributed by atoms with van der Waals surface area (Å²) >= 11 is 1.90. The molecule has 0 amide bonds. The molecule has 3 rings (SSSR count). The lowest BCUT2D eigenvalue weighted by Crippen LogP contribution is -2.32. The summed E-state index contributed by atoms with van der Waals surface area (Å²) in [6, 6.07) is 4.89. The van der Waals surface area contributed by atoms with Crippen LogP contribution in [0.4, 0.5) is 0 Å². The lowest BCUT2D eigenvalue weighted by Gasteiger charge is -2.33. The summed E-state index contributed by atoms with van der Waals surface area (Å²) in [6.07, 6.45) is 2.98. The van der Waals surface area contributed by atoms with Crippen molar-refractivity contribution < 1.29 is 4.42 Å². The number of nitrogens with one attached hydrogen (secondary N) is 1. The van der Waals surface area contributed by atoms with E-state index in [0.29, 0.717) is 6.04 Å². The van der Waals surface area contributed by atoms with Gasteiger partial charge in [0.2, 0.25) is 0 Å². The minimum absolute atomic E-state index is 0.507. The van der Waals surface area contributed by atoms with Crippen LogP contribution in [0.5, 0.6) is 0 Å². The molecule has 3 heterocycles. The molecular formula is C15H20N2OS. The van der Waals surface area contributed by atoms with E-state index in [9.17, 15) is 0 Å². The Morgan fingerprint density at radius 2 is 2.37 bits per heavy atom. The number of hydrogen-bond acceptors (Lipinski definition) is 4. The maximum Gasteiger partial charge on any atom is 0.122 e. The van der Waals surface area contributed by atoms with Crippen LogP contribution in [0.3, 0.4) is 0 Å². The van der Waals surface area contributed by atoms with E-state index in [1.807, 2.05) is 18.4 Å². The zero-order valence-electron chi connectivity index (χ0n) is 11.5. The monoisotopic (exact) mass is 276 g/mol. The molecule has 1 aliphatic rings. The van der Waals surface area contributed by atoms with Crippen molar-refractivity contribution in [3.05, 3.63) is 45.5 Å². The van der Waals surface area contributed by atoms with Crippen molar-refractivity contribution in [2.75, 3.05) is 13.6 Å². The second-order valence-electron chi connectivity index (χ2n) is 5.09. The first-order valence-corrected chi connectivity index (χ1v) is 7.67. The molecule has 0 saturated heterocycles. The standard InChI is InChI=1S/C15H20N2OS/c1-11-13-5-8-19-15(13)3-6-17(11)10-12-4-7-18-14(12)9-16-2/h4-5,7-8,11,16H,3,6,9-10H2,1-2H3. The highest BCUT2D eigenvalue weighted by Gasteiger charge is 2.25. The molecule has 0 spiro atoms. The molecule has 0 aliphatic carbocycles. The third-order valence-electron chi connectivity index (χ3n) is 3.95. The highest BCUT2D eigenvalue weighted by molar-refractivity contribution is 7.10. The second kappa shape index (κ2) is 5.49. The van der Waals surface area contributed by atoms with E-state index < -0.39 is 0 Å². The van der Waals surface area contributed by atoms with Gasteiger partial charge in [-0.05, 0) is 43.5 Å². The van der Waals surface area contributed by atoms with E-state index in [2.05, 4.69) is 34.7 Å². The zero-order chi connectivity index (χ0) is 13.2. The summed E-state index contributed by atoms with van der Waals surface area (Å²) in [6.45, 7) is 5.22. The number of fused-ring (bicyclic) bond motifs is 1. The van der Waals surface area contributed by atoms with Gasteiger partial charge in [-0.15, -0.1) is 11.3 Å². The molecule has 1 unspecified atom stereocenters. The molecule has 102 valence electrons. The van der Waals surface area contributed by atoms with E-state index >= 15 is 0 Å². The van der Waals surface area contributed by atoms with Crippen LogP contribution in [-0.4, -0.2) is 18.5 Å². The Morgan fingerprint density at radius 1 is 1.47 bits per heavy atom. The van der Waals surface area contributed by atoms with E-state index in [1.165, 1.54) is 17.5 Å². The first-order valence-electron chi connectivity index (χ1n) is 6.79. The average molecular weight is 276 g/mol. The fourth-order valence-corrected chi connectivity index (χ4v) is 3.78. The normalized spacial score (nSPS) is 19.6. The Hall–Kier alpha value is -1.10. The van der Waals surface area contributed by atoms with Gasteiger partial charge in [0.15, 0.2) is 0 Å². The fraction of sp³-hybridized carbons (Fsp3) is 0.467. The van der Waals surface area contributed by atoms with Gasteiger partial charge in [-0.2, -0.15) is 0 Å². The van der Waals surface area contributed by atoms with E-state index in [0.717, 1.165) is 25.4 Å². The number of hydrogen-bond donors (Lipinski definition) is 1. The van der Waals surface area contributed by atoms with Crippen molar-refractivity contribution in [2.45, 2.75) is 32.5 Å². The van der Waals surface area contributed by atoms with Gasteiger partial charge in [-0.1, -0.05) is 0 Å². The molecule has 0 aromatic carbocycles. The Bertz CT molecular complexity index is 546. The Balaban J connectivity index is 1.76. The van der Waals surface area contributed by atoms with Crippen LogP contribution < -0.4 is 5.32 Å². The zero-order valence-corrected chi connectivity index (χ0v) is 12.3. The summed E-state index contributed by atoms with van der Waals surface area (Å²) < 4.78 is 5.55. The quantitative estimate of drug-likeness (QED) is 0.929. The molecule has 0 fully saturated rings. The fourth-order valence-electron chi connectivity index (χ4n) is 2.82. The largest absolute Gasteiger partial charge is 0.468 e. The number of rotatable bonds is 4. The van der Waals surface area contributed by atoms with Gasteiger partial charge in [0, 0.05) is 29.6 Å². The van der Waals surface area contributed by atoms with E-state index in [4.69, 9.17) is 4.42 Å². The van der Waals surface area contributed by atoms with Gasteiger partial charge in [0.25, 0.3) is 0 Å². The molecular weight excluding hydrogens is 256 g/mol. The highest BCUT2D eigenvalue weighted by atomic mass is 32.1. The molecule has 2 aromatic rings. The molecule has 0 saturated carbocycles. The van der Waals surface area contributed by atoms with Crippen molar-refractivity contribution >= 4 is 11.3 Å². The molecule has 1 aliphatic heterocycles. The first kappa shape index (κ1) is 12.9. The number of furan rings is 1. The predicted molar refractivity (Wildman–Crippen MR) is 78.3 cm³/mol. The van der Waals surface area contributed by atoms with Gasteiger partial charge < -0.3 is 9.73 Å². The van der Waals surface area contributed by atoms with Crippen molar-refractivity contribution in [1.29, 1.82) is 0 Å². The van der Waals surface area contributed by atoms with Gasteiger partial charge in [0.1, 0.15) is 5.76 Å². The van der Waals surface area contributed by atoms with Crippen molar-refractivity contribution in [3.63, 3.8) is 0 Å². The third kappa shape index (κ3) is 2.48. The molecule has 1 N–H and O–H groups in total. The molecule has 19 heavy (non-hydrogen) atoms. The first-order chi connectivity index (χ1) is 9.29. The summed E-state index contributed by atoms with van der Waals surface area (Å²) in [5, 5.41) is 5.38. The highest BCUT2D eigenvalue weighted by Crippen LogP contribution is 2.34. The molecule has 1 atom stereocenters. The maximum atomic E-state index is 5.55. The predicted octanol–water partition coefficient (Wildman–Crippen LogP) is 3.18. The summed E-state index contributed by atoms with van der Waals surface area (Å²) in [7, 11) is 1.95. The van der Waals surface area contributed by atoms with Crippen molar-refractivity contribution in [1.82, 2.24) is 10.2 Å². The van der Waals surface area contributed by atoms with Crippen LogP contribution in [0.15, 0.2) is 28.2 Å². The minimum Gasteiger partial charge on any atom is -0.468 e. The Kier molecular flexibility index (Phi) is 3.73. The second-order valence-corrected chi connectivity index (χ2v) is 6.10. The Labute approximate surface area is 118 Å². The summed E-state index contributed by atoms with van der Waals surface area (Å²) in [5.41, 5.74) is 2.81. The molecule has 0 radical (unpaired) electrons. The van der Waals surface area contributed by atoms with E-state index in [1.54, 1.807) is 11.1 Å². The van der Waals surface area contributed by atoms with Crippen LogP contribution in [-0.2, 0) is 19.5 Å². The molecule has 4 heteroatoms. The summed E-state index contributed by atoms with van der Waals surface area (Å²) in [4.78, 5) is 4.10. The van der Waals surface area contributed by atoms with Gasteiger partial charge in [0.05, 0.1) is 12.8 Å². The van der Waals surface area contributed by atoms with Gasteiger partial charge >= 0.3 is 0 Å². The van der Waals surface area contributed by atoms with Crippen LogP contribution in [0.1, 0.15) is 34.7 Å². The average Bonchev–Trinajstić information content (AvgIpc) is 3.03. The SMILES string of the molecule is CNCc1occc1CN1CCc2sccc2C1C. The number of nitrogens with zero attached hydrogens (tertiary/aromatic N) is 1. The molecule has 2 aromatic heterocycles. The van der Waals surface area contributed by atoms with Crippen molar-refractivity contribution in [3.8, 4) is 0 Å². The number of thiophene rings is 1. The minimum atomic E-state index is 0.507. The van der Waals surface area contributed by atoms with Gasteiger partial charge in [-0.3, -0.25) is 4.90 Å². The van der Waals surface area contributed by atoms with E-state index in [-0.39, 0.29) is 0 Å².